The molecule has 0 fully saturated rings. The molecule has 0 aliphatic carbocycles. The quantitative estimate of drug-likeness (QED) is 0.800. The third-order valence-electron chi connectivity index (χ3n) is 4.43. The Morgan fingerprint density at radius 1 is 1.04 bits per heavy atom. The molecule has 0 saturated carbocycles. The lowest BCUT2D eigenvalue weighted by Gasteiger charge is -2.21. The third-order valence-corrected chi connectivity index (χ3v) is 4.43. The van der Waals surface area contributed by atoms with Gasteiger partial charge in [-0.3, -0.25) is 9.59 Å². The standard InChI is InChI=1S/C21H23FN2O4/c1-13(2)20(14-3-5-15(22)6-4-14)21(26)23-12-19(25)24-16-7-8-17-18(11-16)28-10-9-27-17/h3-8,11,13,20H,9-10,12H2,1-2H3,(H,23,26)(H,24,25). The predicted octanol–water partition coefficient (Wildman–Crippen LogP) is 3.09. The normalized spacial score (nSPS) is 13.7. The van der Waals surface area contributed by atoms with E-state index < -0.39 is 5.92 Å². The zero-order valence-corrected chi connectivity index (χ0v) is 15.8. The summed E-state index contributed by atoms with van der Waals surface area (Å²) in [4.78, 5) is 24.8. The second kappa shape index (κ2) is 8.73. The molecule has 1 aliphatic rings. The van der Waals surface area contributed by atoms with Gasteiger partial charge in [-0.1, -0.05) is 26.0 Å². The number of nitrogens with one attached hydrogen (secondary N) is 2. The number of anilines is 1. The summed E-state index contributed by atoms with van der Waals surface area (Å²) in [7, 11) is 0. The van der Waals surface area contributed by atoms with Gasteiger partial charge < -0.3 is 20.1 Å². The van der Waals surface area contributed by atoms with Crippen LogP contribution in [0.15, 0.2) is 42.5 Å². The van der Waals surface area contributed by atoms with Gasteiger partial charge in [0, 0.05) is 11.8 Å². The fourth-order valence-electron chi connectivity index (χ4n) is 3.11. The van der Waals surface area contributed by atoms with Crippen LogP contribution >= 0.6 is 0 Å². The van der Waals surface area contributed by atoms with E-state index in [9.17, 15) is 14.0 Å². The molecule has 2 N–H and O–H groups in total. The molecule has 0 radical (unpaired) electrons. The number of carbonyl (C=O) groups excluding carboxylic acids is 2. The van der Waals surface area contributed by atoms with Crippen LogP contribution in [0, 0.1) is 11.7 Å². The van der Waals surface area contributed by atoms with Gasteiger partial charge in [-0.15, -0.1) is 0 Å². The van der Waals surface area contributed by atoms with Crippen molar-refractivity contribution in [1.82, 2.24) is 5.32 Å². The summed E-state index contributed by atoms with van der Waals surface area (Å²) < 4.78 is 24.1. The molecule has 1 aliphatic heterocycles. The Bertz CT molecular complexity index is 852. The first kappa shape index (κ1) is 19.7. The minimum atomic E-state index is -0.470. The van der Waals surface area contributed by atoms with Gasteiger partial charge >= 0.3 is 0 Å². The van der Waals surface area contributed by atoms with Crippen LogP contribution < -0.4 is 20.1 Å². The van der Waals surface area contributed by atoms with Crippen molar-refractivity contribution >= 4 is 17.5 Å². The van der Waals surface area contributed by atoms with Crippen LogP contribution in [0.4, 0.5) is 10.1 Å². The van der Waals surface area contributed by atoms with E-state index in [0.717, 1.165) is 0 Å². The van der Waals surface area contributed by atoms with Crippen molar-refractivity contribution in [2.75, 3.05) is 25.1 Å². The van der Waals surface area contributed by atoms with Gasteiger partial charge in [-0.25, -0.2) is 4.39 Å². The van der Waals surface area contributed by atoms with E-state index in [-0.39, 0.29) is 30.1 Å². The van der Waals surface area contributed by atoms with E-state index >= 15 is 0 Å². The Morgan fingerprint density at radius 3 is 2.39 bits per heavy atom. The number of hydrogen-bond acceptors (Lipinski definition) is 4. The van der Waals surface area contributed by atoms with Crippen molar-refractivity contribution in [3.63, 3.8) is 0 Å². The van der Waals surface area contributed by atoms with E-state index in [2.05, 4.69) is 10.6 Å². The third kappa shape index (κ3) is 4.79. The number of carbonyl (C=O) groups is 2. The van der Waals surface area contributed by atoms with E-state index in [1.807, 2.05) is 13.8 Å². The van der Waals surface area contributed by atoms with Gasteiger partial charge in [-0.2, -0.15) is 0 Å². The molecular weight excluding hydrogens is 363 g/mol. The van der Waals surface area contributed by atoms with Gasteiger partial charge in [0.1, 0.15) is 19.0 Å². The first-order valence-corrected chi connectivity index (χ1v) is 9.16. The second-order valence-corrected chi connectivity index (χ2v) is 6.90. The van der Waals surface area contributed by atoms with Crippen molar-refractivity contribution in [1.29, 1.82) is 0 Å². The lowest BCUT2D eigenvalue weighted by atomic mass is 9.87. The Hall–Kier alpha value is -3.09. The smallest absolute Gasteiger partial charge is 0.243 e. The van der Waals surface area contributed by atoms with Crippen LogP contribution in [-0.4, -0.2) is 31.6 Å². The Balaban J connectivity index is 1.58. The van der Waals surface area contributed by atoms with Crippen LogP contribution in [0.5, 0.6) is 11.5 Å². The zero-order chi connectivity index (χ0) is 20.1. The molecule has 2 aromatic carbocycles. The maximum Gasteiger partial charge on any atom is 0.243 e. The van der Waals surface area contributed by atoms with Gasteiger partial charge in [0.05, 0.1) is 12.5 Å². The summed E-state index contributed by atoms with van der Waals surface area (Å²) in [5, 5.41) is 5.38. The molecule has 0 aromatic heterocycles. The van der Waals surface area contributed by atoms with Gasteiger partial charge in [0.25, 0.3) is 0 Å². The van der Waals surface area contributed by atoms with Crippen molar-refractivity contribution < 1.29 is 23.5 Å². The minimum absolute atomic E-state index is 0.00804. The monoisotopic (exact) mass is 386 g/mol. The fourth-order valence-corrected chi connectivity index (χ4v) is 3.11. The molecule has 0 spiro atoms. The highest BCUT2D eigenvalue weighted by Gasteiger charge is 2.24. The van der Waals surface area contributed by atoms with Gasteiger partial charge in [0.15, 0.2) is 11.5 Å². The molecule has 1 unspecified atom stereocenters. The molecule has 2 aromatic rings. The SMILES string of the molecule is CC(C)C(C(=O)NCC(=O)Nc1ccc2c(c1)OCCO2)c1ccc(F)cc1. The minimum Gasteiger partial charge on any atom is -0.486 e. The zero-order valence-electron chi connectivity index (χ0n) is 15.8. The molecule has 28 heavy (non-hydrogen) atoms. The van der Waals surface area contributed by atoms with Crippen LogP contribution in [0.3, 0.4) is 0 Å². The Kier molecular flexibility index (Phi) is 6.13. The molecule has 148 valence electrons. The maximum atomic E-state index is 13.1. The number of hydrogen-bond donors (Lipinski definition) is 2. The maximum absolute atomic E-state index is 13.1. The van der Waals surface area contributed by atoms with E-state index in [1.54, 1.807) is 30.3 Å². The number of fused-ring (bicyclic) bond motifs is 1. The molecule has 0 bridgehead atoms. The lowest BCUT2D eigenvalue weighted by molar-refractivity contribution is -0.126. The number of rotatable bonds is 6. The average Bonchev–Trinajstić information content (AvgIpc) is 2.68. The molecule has 0 saturated heterocycles. The Labute approximate surface area is 163 Å². The summed E-state index contributed by atoms with van der Waals surface area (Å²) in [6, 6.07) is 11.0. The first-order valence-electron chi connectivity index (χ1n) is 9.16. The van der Waals surface area contributed by atoms with E-state index in [0.29, 0.717) is 36.0 Å². The molecular formula is C21H23FN2O4. The van der Waals surface area contributed by atoms with E-state index in [4.69, 9.17) is 9.47 Å². The average molecular weight is 386 g/mol. The highest BCUT2D eigenvalue weighted by atomic mass is 19.1. The van der Waals surface area contributed by atoms with Crippen molar-refractivity contribution in [3.05, 3.63) is 53.8 Å². The summed E-state index contributed by atoms with van der Waals surface area (Å²) in [6.07, 6.45) is 0. The summed E-state index contributed by atoms with van der Waals surface area (Å²) in [5.74, 6) is -0.258. The van der Waals surface area contributed by atoms with Crippen molar-refractivity contribution in [2.24, 2.45) is 5.92 Å². The van der Waals surface area contributed by atoms with Crippen LogP contribution in [0.1, 0.15) is 25.3 Å². The first-order chi connectivity index (χ1) is 13.4. The molecule has 3 rings (SSSR count). The van der Waals surface area contributed by atoms with Crippen molar-refractivity contribution in [3.8, 4) is 11.5 Å². The van der Waals surface area contributed by atoms with Crippen LogP contribution in [-0.2, 0) is 9.59 Å². The number of amides is 2. The van der Waals surface area contributed by atoms with Crippen LogP contribution in [0.25, 0.3) is 0 Å². The summed E-state index contributed by atoms with van der Waals surface area (Å²) in [5.41, 5.74) is 1.27. The van der Waals surface area contributed by atoms with Gasteiger partial charge in [-0.05, 0) is 35.7 Å². The van der Waals surface area contributed by atoms with Gasteiger partial charge in [0.2, 0.25) is 11.8 Å². The Morgan fingerprint density at radius 2 is 1.71 bits per heavy atom. The largest absolute Gasteiger partial charge is 0.486 e. The number of halogens is 1. The van der Waals surface area contributed by atoms with E-state index in [1.165, 1.54) is 12.1 Å². The van der Waals surface area contributed by atoms with Crippen molar-refractivity contribution in [2.45, 2.75) is 19.8 Å². The second-order valence-electron chi connectivity index (χ2n) is 6.90. The predicted molar refractivity (Wildman–Crippen MR) is 103 cm³/mol. The molecule has 1 atom stereocenters. The fraction of sp³-hybridized carbons (Fsp3) is 0.333. The number of ether oxygens (including phenoxy) is 2. The number of benzene rings is 2. The summed E-state index contributed by atoms with van der Waals surface area (Å²) >= 11 is 0. The molecule has 7 heteroatoms. The summed E-state index contributed by atoms with van der Waals surface area (Å²) in [6.45, 7) is 4.60. The molecule has 1 heterocycles. The highest BCUT2D eigenvalue weighted by molar-refractivity contribution is 5.95. The lowest BCUT2D eigenvalue weighted by Crippen LogP contribution is -2.37. The topological polar surface area (TPSA) is 76.7 Å². The van der Waals surface area contributed by atoms with Crippen LogP contribution in [0.2, 0.25) is 0 Å². The molecule has 6 nitrogen and oxygen atoms in total. The molecule has 2 amide bonds. The highest BCUT2D eigenvalue weighted by Crippen LogP contribution is 2.32.